The third-order valence-corrected chi connectivity index (χ3v) is 9.00. The second-order valence-corrected chi connectivity index (χ2v) is 10.2. The second kappa shape index (κ2) is 9.15. The lowest BCUT2D eigenvalue weighted by molar-refractivity contribution is -0.141. The number of benzene rings is 2. The van der Waals surface area contributed by atoms with Gasteiger partial charge in [0, 0.05) is 13.8 Å². The Hall–Kier alpha value is -2.66. The smallest absolute Gasteiger partial charge is 0.302 e. The summed E-state index contributed by atoms with van der Waals surface area (Å²) in [5, 5.41) is 3.39. The molecular formula is C21H24O4Si. The molecule has 0 aromatic heterocycles. The number of carbonyl (C=O) groups excluding carboxylic acids is 2. The molecule has 0 heterocycles. The summed E-state index contributed by atoms with van der Waals surface area (Å²) < 4.78 is 10.5. The van der Waals surface area contributed by atoms with Crippen LogP contribution in [0, 0.1) is 0 Å². The zero-order valence-electron chi connectivity index (χ0n) is 15.4. The third-order valence-electron chi connectivity index (χ3n) is 4.39. The van der Waals surface area contributed by atoms with Crippen molar-refractivity contribution in [2.24, 2.45) is 0 Å². The molecule has 0 unspecified atom stereocenters. The van der Waals surface area contributed by atoms with E-state index in [1.54, 1.807) is 0 Å². The highest BCUT2D eigenvalue weighted by Gasteiger charge is 2.36. The average Bonchev–Trinajstić information content (AvgIpc) is 2.65. The second-order valence-electron chi connectivity index (χ2n) is 6.17. The van der Waals surface area contributed by atoms with Crippen molar-refractivity contribution >= 4 is 30.4 Å². The van der Waals surface area contributed by atoms with Crippen LogP contribution in [0.15, 0.2) is 71.9 Å². The van der Waals surface area contributed by atoms with Gasteiger partial charge in [0.25, 0.3) is 0 Å². The minimum atomic E-state index is -2.38. The molecule has 0 aliphatic heterocycles. The molecule has 0 radical (unpaired) electrons. The van der Waals surface area contributed by atoms with Crippen LogP contribution in [0.4, 0.5) is 0 Å². The van der Waals surface area contributed by atoms with Crippen LogP contribution in [0.1, 0.15) is 13.8 Å². The van der Waals surface area contributed by atoms with E-state index in [4.69, 9.17) is 9.47 Å². The van der Waals surface area contributed by atoms with Crippen LogP contribution >= 0.6 is 0 Å². The highest BCUT2D eigenvalue weighted by atomic mass is 28.3. The first-order valence-corrected chi connectivity index (χ1v) is 11.0. The molecule has 136 valence electrons. The summed E-state index contributed by atoms with van der Waals surface area (Å²) in [7, 11) is -2.38. The van der Waals surface area contributed by atoms with Gasteiger partial charge in [-0.2, -0.15) is 0 Å². The summed E-state index contributed by atoms with van der Waals surface area (Å²) in [6.45, 7) is 5.34. The first-order valence-electron chi connectivity index (χ1n) is 8.52. The molecule has 0 saturated heterocycles. The van der Waals surface area contributed by atoms with Gasteiger partial charge in [0.15, 0.2) is 0 Å². The van der Waals surface area contributed by atoms with Gasteiger partial charge < -0.3 is 9.47 Å². The van der Waals surface area contributed by atoms with Crippen LogP contribution < -0.4 is 10.4 Å². The van der Waals surface area contributed by atoms with Crippen molar-refractivity contribution in [1.29, 1.82) is 0 Å². The van der Waals surface area contributed by atoms with E-state index in [2.05, 4.69) is 30.8 Å². The fraction of sp³-hybridized carbons (Fsp3) is 0.238. The van der Waals surface area contributed by atoms with Crippen molar-refractivity contribution < 1.29 is 19.1 Å². The Labute approximate surface area is 155 Å². The monoisotopic (exact) mass is 368 g/mol. The molecule has 0 amide bonds. The normalized spacial score (nSPS) is 11.7. The van der Waals surface area contributed by atoms with Gasteiger partial charge in [-0.25, -0.2) is 0 Å². The lowest BCUT2D eigenvalue weighted by Crippen LogP contribution is -2.58. The Balaban J connectivity index is 2.53. The molecule has 0 atom stereocenters. The number of hydrogen-bond donors (Lipinski definition) is 0. The standard InChI is InChI=1S/C21H24O4Si/c1-17(22)24-15-14-21(16-25-18(2)23)26(3,19-10-6-4-7-11-19)20-12-8-5-9-13-20/h4-14H,15-16H2,1-3H3/b21-14+. The summed E-state index contributed by atoms with van der Waals surface area (Å²) in [6, 6.07) is 20.4. The summed E-state index contributed by atoms with van der Waals surface area (Å²) in [4.78, 5) is 22.6. The predicted octanol–water partition coefficient (Wildman–Crippen LogP) is 2.47. The molecule has 0 bridgehead atoms. The minimum absolute atomic E-state index is 0.161. The van der Waals surface area contributed by atoms with Crippen LogP contribution in [-0.4, -0.2) is 33.2 Å². The van der Waals surface area contributed by atoms with E-state index in [1.165, 1.54) is 24.2 Å². The third kappa shape index (κ3) is 4.92. The van der Waals surface area contributed by atoms with E-state index in [0.717, 1.165) is 5.20 Å². The maximum Gasteiger partial charge on any atom is 0.302 e. The summed E-state index contributed by atoms with van der Waals surface area (Å²) in [6.07, 6.45) is 1.89. The molecule has 0 N–H and O–H groups in total. The molecule has 5 heteroatoms. The first kappa shape index (κ1) is 19.7. The van der Waals surface area contributed by atoms with Gasteiger partial charge in [-0.1, -0.05) is 67.2 Å². The number of hydrogen-bond acceptors (Lipinski definition) is 4. The van der Waals surface area contributed by atoms with Gasteiger partial charge in [-0.3, -0.25) is 9.59 Å². The summed E-state index contributed by atoms with van der Waals surface area (Å²) in [5.74, 6) is -0.670. The molecule has 0 spiro atoms. The number of carbonyl (C=O) groups is 2. The largest absolute Gasteiger partial charge is 0.462 e. The van der Waals surface area contributed by atoms with Crippen molar-refractivity contribution in [2.75, 3.05) is 13.2 Å². The van der Waals surface area contributed by atoms with Crippen LogP contribution in [-0.2, 0) is 19.1 Å². The Morgan fingerprint density at radius 1 is 0.846 bits per heavy atom. The average molecular weight is 369 g/mol. The topological polar surface area (TPSA) is 52.6 Å². The van der Waals surface area contributed by atoms with Gasteiger partial charge in [-0.05, 0) is 21.6 Å². The van der Waals surface area contributed by atoms with Crippen LogP contribution in [0.5, 0.6) is 0 Å². The minimum Gasteiger partial charge on any atom is -0.462 e. The maximum atomic E-state index is 11.4. The lowest BCUT2D eigenvalue weighted by atomic mass is 10.4. The molecule has 26 heavy (non-hydrogen) atoms. The molecule has 2 aromatic rings. The Morgan fingerprint density at radius 2 is 1.31 bits per heavy atom. The van der Waals surface area contributed by atoms with Crippen molar-refractivity contribution in [1.82, 2.24) is 0 Å². The highest BCUT2D eigenvalue weighted by Crippen LogP contribution is 2.17. The van der Waals surface area contributed by atoms with E-state index >= 15 is 0 Å². The zero-order valence-corrected chi connectivity index (χ0v) is 16.4. The molecule has 4 nitrogen and oxygen atoms in total. The quantitative estimate of drug-likeness (QED) is 0.556. The Morgan fingerprint density at radius 3 is 1.73 bits per heavy atom. The predicted molar refractivity (Wildman–Crippen MR) is 105 cm³/mol. The van der Waals surface area contributed by atoms with Gasteiger partial charge in [0.2, 0.25) is 0 Å². The molecule has 0 fully saturated rings. The molecule has 2 aromatic carbocycles. The van der Waals surface area contributed by atoms with E-state index in [9.17, 15) is 9.59 Å². The van der Waals surface area contributed by atoms with Gasteiger partial charge in [-0.15, -0.1) is 0 Å². The number of esters is 2. The molecule has 0 saturated carbocycles. The SMILES string of the molecule is CC(=O)OC/C=C(\COC(C)=O)[Si](C)(c1ccccc1)c1ccccc1. The van der Waals surface area contributed by atoms with Crippen molar-refractivity contribution in [3.05, 3.63) is 71.9 Å². The van der Waals surface area contributed by atoms with Gasteiger partial charge in [0.05, 0.1) is 0 Å². The molecule has 2 rings (SSSR count). The summed E-state index contributed by atoms with van der Waals surface area (Å²) >= 11 is 0. The molecule has 0 aliphatic carbocycles. The fourth-order valence-electron chi connectivity index (χ4n) is 2.93. The van der Waals surface area contributed by atoms with E-state index in [1.807, 2.05) is 42.5 Å². The van der Waals surface area contributed by atoms with Crippen LogP contribution in [0.2, 0.25) is 6.55 Å². The maximum absolute atomic E-state index is 11.4. The van der Waals surface area contributed by atoms with Crippen molar-refractivity contribution in [3.8, 4) is 0 Å². The van der Waals surface area contributed by atoms with Gasteiger partial charge in [0.1, 0.15) is 21.3 Å². The fourth-order valence-corrected chi connectivity index (χ4v) is 6.57. The Bertz CT molecular complexity index is 730. The van der Waals surface area contributed by atoms with Gasteiger partial charge >= 0.3 is 11.9 Å². The number of ether oxygens (including phenoxy) is 2. The van der Waals surface area contributed by atoms with Crippen LogP contribution in [0.25, 0.3) is 0 Å². The molecular weight excluding hydrogens is 344 g/mol. The Kier molecular flexibility index (Phi) is 6.92. The molecule has 0 aliphatic rings. The van der Waals surface area contributed by atoms with E-state index < -0.39 is 8.07 Å². The number of rotatable bonds is 7. The highest BCUT2D eigenvalue weighted by molar-refractivity contribution is 7.06. The summed E-state index contributed by atoms with van der Waals surface area (Å²) in [5.41, 5.74) is 0. The lowest BCUT2D eigenvalue weighted by Gasteiger charge is -2.31. The van der Waals surface area contributed by atoms with E-state index in [0.29, 0.717) is 0 Å². The van der Waals surface area contributed by atoms with E-state index in [-0.39, 0.29) is 25.2 Å². The first-order chi connectivity index (χ1) is 12.4. The van der Waals surface area contributed by atoms with Crippen molar-refractivity contribution in [2.45, 2.75) is 20.4 Å². The van der Waals surface area contributed by atoms with Crippen molar-refractivity contribution in [3.63, 3.8) is 0 Å². The van der Waals surface area contributed by atoms with Crippen LogP contribution in [0.3, 0.4) is 0 Å². The zero-order chi connectivity index (χ0) is 19.0.